The standard InChI is InChI=1S/C19H12F3N3O5/c20-19(21,22)10-2-1-7-24-14(10)9-5-3-8(4-6-9)11-12(17(27)28)15(23)25-16(26)13(11)18(29)30/h1-7H,(H,27,28)(H,29,30)(H3,23,25,26). The number of rotatable bonds is 4. The Morgan fingerprint density at radius 3 is 2.07 bits per heavy atom. The van der Waals surface area contributed by atoms with Crippen molar-refractivity contribution in [1.29, 1.82) is 0 Å². The second kappa shape index (κ2) is 7.35. The van der Waals surface area contributed by atoms with Crippen molar-refractivity contribution in [3.63, 3.8) is 0 Å². The van der Waals surface area contributed by atoms with E-state index in [1.807, 2.05) is 4.98 Å². The number of anilines is 1. The van der Waals surface area contributed by atoms with Gasteiger partial charge in [-0.1, -0.05) is 24.3 Å². The molecule has 8 nitrogen and oxygen atoms in total. The molecule has 3 aromatic rings. The summed E-state index contributed by atoms with van der Waals surface area (Å²) >= 11 is 0. The third kappa shape index (κ3) is 3.60. The number of aromatic amines is 1. The Morgan fingerprint density at radius 2 is 1.53 bits per heavy atom. The van der Waals surface area contributed by atoms with Crippen LogP contribution in [0.2, 0.25) is 0 Å². The van der Waals surface area contributed by atoms with Crippen LogP contribution in [0.1, 0.15) is 26.3 Å². The van der Waals surface area contributed by atoms with Gasteiger partial charge in [-0.2, -0.15) is 13.2 Å². The lowest BCUT2D eigenvalue weighted by atomic mass is 9.94. The maximum atomic E-state index is 13.2. The average molecular weight is 419 g/mol. The Balaban J connectivity index is 2.24. The minimum atomic E-state index is -4.66. The summed E-state index contributed by atoms with van der Waals surface area (Å²) in [4.78, 5) is 40.9. The Hall–Kier alpha value is -4.15. The van der Waals surface area contributed by atoms with Crippen molar-refractivity contribution in [3.8, 4) is 22.4 Å². The van der Waals surface area contributed by atoms with Gasteiger partial charge in [0, 0.05) is 17.3 Å². The van der Waals surface area contributed by atoms with Crippen LogP contribution in [0.4, 0.5) is 19.0 Å². The highest BCUT2D eigenvalue weighted by molar-refractivity contribution is 6.07. The van der Waals surface area contributed by atoms with E-state index in [0.717, 1.165) is 12.1 Å². The summed E-state index contributed by atoms with van der Waals surface area (Å²) in [7, 11) is 0. The lowest BCUT2D eigenvalue weighted by molar-refractivity contribution is -0.137. The van der Waals surface area contributed by atoms with Crippen molar-refractivity contribution in [3.05, 3.63) is 69.6 Å². The van der Waals surface area contributed by atoms with E-state index in [0.29, 0.717) is 0 Å². The van der Waals surface area contributed by atoms with E-state index in [2.05, 4.69) is 4.98 Å². The van der Waals surface area contributed by atoms with Gasteiger partial charge in [-0.15, -0.1) is 0 Å². The molecule has 0 bridgehead atoms. The van der Waals surface area contributed by atoms with E-state index in [9.17, 15) is 37.8 Å². The monoisotopic (exact) mass is 419 g/mol. The lowest BCUT2D eigenvalue weighted by Gasteiger charge is -2.14. The third-order valence-corrected chi connectivity index (χ3v) is 4.23. The second-order valence-corrected chi connectivity index (χ2v) is 6.08. The number of nitrogens with two attached hydrogens (primary N) is 1. The summed E-state index contributed by atoms with van der Waals surface area (Å²) in [5, 5.41) is 18.8. The molecular weight excluding hydrogens is 407 g/mol. The van der Waals surface area contributed by atoms with Crippen molar-refractivity contribution in [2.24, 2.45) is 0 Å². The summed E-state index contributed by atoms with van der Waals surface area (Å²) in [5.74, 6) is -3.84. The SMILES string of the molecule is Nc1[nH]c(=O)c(C(=O)O)c(-c2ccc(-c3ncccc3C(F)(F)F)cc2)c1C(=O)O. The molecule has 0 aliphatic heterocycles. The Labute approximate surface area is 165 Å². The first-order valence-corrected chi connectivity index (χ1v) is 8.17. The second-order valence-electron chi connectivity index (χ2n) is 6.08. The first kappa shape index (κ1) is 20.6. The first-order valence-electron chi connectivity index (χ1n) is 8.17. The van der Waals surface area contributed by atoms with Crippen LogP contribution in [0.15, 0.2) is 47.4 Å². The molecule has 0 saturated carbocycles. The zero-order chi connectivity index (χ0) is 22.2. The van der Waals surface area contributed by atoms with E-state index in [4.69, 9.17) is 5.73 Å². The maximum absolute atomic E-state index is 13.2. The van der Waals surface area contributed by atoms with E-state index in [1.54, 1.807) is 0 Å². The van der Waals surface area contributed by atoms with Gasteiger partial charge in [-0.3, -0.25) is 9.78 Å². The fourth-order valence-electron chi connectivity index (χ4n) is 2.99. The number of nitrogens with one attached hydrogen (secondary N) is 1. The molecule has 3 rings (SSSR count). The van der Waals surface area contributed by atoms with Crippen molar-refractivity contribution >= 4 is 17.8 Å². The molecule has 11 heteroatoms. The molecule has 0 atom stereocenters. The number of hydrogen-bond acceptors (Lipinski definition) is 5. The van der Waals surface area contributed by atoms with Gasteiger partial charge in [0.1, 0.15) is 16.9 Å². The summed E-state index contributed by atoms with van der Waals surface area (Å²) in [6.07, 6.45) is -3.47. The minimum Gasteiger partial charge on any atom is -0.478 e. The van der Waals surface area contributed by atoms with Crippen LogP contribution in [0.3, 0.4) is 0 Å². The molecule has 2 aromatic heterocycles. The zero-order valence-corrected chi connectivity index (χ0v) is 14.8. The minimum absolute atomic E-state index is 0.0316. The number of nitrogens with zero attached hydrogens (tertiary/aromatic N) is 1. The van der Waals surface area contributed by atoms with Crippen LogP contribution in [0, 0.1) is 0 Å². The predicted molar refractivity (Wildman–Crippen MR) is 99.1 cm³/mol. The fourth-order valence-corrected chi connectivity index (χ4v) is 2.99. The number of aromatic nitrogens is 2. The van der Waals surface area contributed by atoms with Crippen LogP contribution in [0.5, 0.6) is 0 Å². The lowest BCUT2D eigenvalue weighted by Crippen LogP contribution is -2.24. The third-order valence-electron chi connectivity index (χ3n) is 4.23. The van der Waals surface area contributed by atoms with Gasteiger partial charge in [0.15, 0.2) is 0 Å². The number of halogens is 3. The van der Waals surface area contributed by atoms with Crippen LogP contribution < -0.4 is 11.3 Å². The molecule has 0 amide bonds. The number of H-pyrrole nitrogens is 1. The number of benzene rings is 1. The van der Waals surface area contributed by atoms with Crippen LogP contribution in [-0.4, -0.2) is 32.1 Å². The van der Waals surface area contributed by atoms with Gasteiger partial charge >= 0.3 is 18.1 Å². The van der Waals surface area contributed by atoms with Crippen molar-refractivity contribution in [2.75, 3.05) is 5.73 Å². The number of carboxylic acid groups (broad SMARTS) is 2. The van der Waals surface area contributed by atoms with Crippen molar-refractivity contribution in [2.45, 2.75) is 6.18 Å². The van der Waals surface area contributed by atoms with Crippen LogP contribution >= 0.6 is 0 Å². The fraction of sp³-hybridized carbons (Fsp3) is 0.0526. The summed E-state index contributed by atoms with van der Waals surface area (Å²) in [6, 6.07) is 6.80. The van der Waals surface area contributed by atoms with Crippen LogP contribution in [-0.2, 0) is 6.18 Å². The number of carboxylic acids is 2. The predicted octanol–water partition coefficient (Wildman–Crippen LogP) is 3.10. The summed E-state index contributed by atoms with van der Waals surface area (Å²) in [5.41, 5.74) is 1.16. The molecule has 5 N–H and O–H groups in total. The molecule has 0 saturated heterocycles. The first-order chi connectivity index (χ1) is 14.0. The Kier molecular flexibility index (Phi) is 5.04. The molecule has 0 aliphatic rings. The molecular formula is C19H12F3N3O5. The van der Waals surface area contributed by atoms with Gasteiger partial charge in [0.25, 0.3) is 5.56 Å². The molecule has 0 unspecified atom stereocenters. The zero-order valence-electron chi connectivity index (χ0n) is 14.8. The highest BCUT2D eigenvalue weighted by Crippen LogP contribution is 2.37. The van der Waals surface area contributed by atoms with Gasteiger partial charge in [0.05, 0.1) is 11.3 Å². The van der Waals surface area contributed by atoms with E-state index in [1.165, 1.54) is 30.5 Å². The number of alkyl halides is 3. The number of nitrogen functional groups attached to an aromatic ring is 1. The van der Waals surface area contributed by atoms with Crippen molar-refractivity contribution < 1.29 is 33.0 Å². The number of carbonyl (C=O) groups is 2. The van der Waals surface area contributed by atoms with Crippen LogP contribution in [0.25, 0.3) is 22.4 Å². The smallest absolute Gasteiger partial charge is 0.418 e. The molecule has 0 fully saturated rings. The number of aromatic carboxylic acids is 2. The normalized spacial score (nSPS) is 11.3. The van der Waals surface area contributed by atoms with E-state index in [-0.39, 0.29) is 16.8 Å². The molecule has 0 spiro atoms. The molecule has 154 valence electrons. The molecule has 0 radical (unpaired) electrons. The van der Waals surface area contributed by atoms with Gasteiger partial charge in [0.2, 0.25) is 0 Å². The molecule has 30 heavy (non-hydrogen) atoms. The van der Waals surface area contributed by atoms with Crippen molar-refractivity contribution in [1.82, 2.24) is 9.97 Å². The highest BCUT2D eigenvalue weighted by atomic mass is 19.4. The largest absolute Gasteiger partial charge is 0.478 e. The number of hydrogen-bond donors (Lipinski definition) is 4. The Bertz CT molecular complexity index is 1220. The van der Waals surface area contributed by atoms with Gasteiger partial charge in [-0.25, -0.2) is 9.59 Å². The molecule has 1 aromatic carbocycles. The maximum Gasteiger partial charge on any atom is 0.418 e. The van der Waals surface area contributed by atoms with Gasteiger partial charge in [-0.05, 0) is 17.7 Å². The van der Waals surface area contributed by atoms with Gasteiger partial charge < -0.3 is 20.9 Å². The van der Waals surface area contributed by atoms with E-state index < -0.39 is 51.7 Å². The average Bonchev–Trinajstić information content (AvgIpc) is 2.66. The highest BCUT2D eigenvalue weighted by Gasteiger charge is 2.34. The number of pyridine rings is 2. The summed E-state index contributed by atoms with van der Waals surface area (Å²) in [6.45, 7) is 0. The quantitative estimate of drug-likeness (QED) is 0.508. The molecule has 2 heterocycles. The Morgan fingerprint density at radius 1 is 0.967 bits per heavy atom. The topological polar surface area (TPSA) is 146 Å². The molecule has 0 aliphatic carbocycles. The summed E-state index contributed by atoms with van der Waals surface area (Å²) < 4.78 is 39.7. The van der Waals surface area contributed by atoms with E-state index >= 15 is 0 Å².